The van der Waals surface area contributed by atoms with E-state index in [1.807, 2.05) is 24.4 Å². The van der Waals surface area contributed by atoms with Crippen molar-refractivity contribution in [2.24, 2.45) is 0 Å². The van der Waals surface area contributed by atoms with Gasteiger partial charge in [0.2, 0.25) is 11.8 Å². The number of benzene rings is 3. The summed E-state index contributed by atoms with van der Waals surface area (Å²) in [5.41, 5.74) is 2.59. The van der Waals surface area contributed by atoms with Crippen molar-refractivity contribution in [3.8, 4) is 10.4 Å². The molecular formula is C41H42N8O8S. The second-order valence-corrected chi connectivity index (χ2v) is 14.8. The minimum absolute atomic E-state index is 0.327. The molecule has 16 nitrogen and oxygen atoms in total. The Morgan fingerprint density at radius 1 is 0.672 bits per heavy atom. The van der Waals surface area contributed by atoms with Gasteiger partial charge in [-0.15, -0.1) is 0 Å². The van der Waals surface area contributed by atoms with Gasteiger partial charge >= 0.3 is 12.2 Å². The number of alkyl carbamates (subject to hydrolysis) is 2. The Balaban J connectivity index is 0.974. The summed E-state index contributed by atoms with van der Waals surface area (Å²) in [6, 6.07) is 21.4. The average Bonchev–Trinajstić information content (AvgIpc) is 4.07. The zero-order valence-electron chi connectivity index (χ0n) is 31.8. The summed E-state index contributed by atoms with van der Waals surface area (Å²) < 4.78 is 11.3. The predicted molar refractivity (Wildman–Crippen MR) is 215 cm³/mol. The first kappa shape index (κ1) is 39.5. The quantitative estimate of drug-likeness (QED) is 0.140. The van der Waals surface area contributed by atoms with Gasteiger partial charge in [-0.05, 0) is 54.5 Å². The van der Waals surface area contributed by atoms with E-state index in [4.69, 9.17) is 9.47 Å². The van der Waals surface area contributed by atoms with Gasteiger partial charge in [0.05, 0.1) is 25.3 Å². The first-order valence-corrected chi connectivity index (χ1v) is 19.6. The van der Waals surface area contributed by atoms with Crippen molar-refractivity contribution in [1.29, 1.82) is 0 Å². The van der Waals surface area contributed by atoms with Crippen LogP contribution in [0, 0.1) is 0 Å². The topological polar surface area (TPSA) is 193 Å². The molecule has 0 aliphatic carbocycles. The maximum atomic E-state index is 13.7. The first-order valence-electron chi connectivity index (χ1n) is 18.7. The second kappa shape index (κ2) is 17.6. The fourth-order valence-electron chi connectivity index (χ4n) is 7.30. The van der Waals surface area contributed by atoms with Crippen molar-refractivity contribution in [2.45, 2.75) is 49.9 Å². The molecule has 4 N–H and O–H groups in total. The summed E-state index contributed by atoms with van der Waals surface area (Å²) >= 11 is 1.41. The zero-order chi connectivity index (χ0) is 40.8. The van der Waals surface area contributed by atoms with Gasteiger partial charge < -0.3 is 40.5 Å². The number of likely N-dealkylation sites (tertiary alicyclic amines) is 2. The Morgan fingerprint density at radius 3 is 1.66 bits per heavy atom. The van der Waals surface area contributed by atoms with E-state index in [0.717, 1.165) is 10.4 Å². The normalized spacial score (nSPS) is 17.3. The van der Waals surface area contributed by atoms with Gasteiger partial charge in [0, 0.05) is 25.0 Å². The molecule has 4 unspecified atom stereocenters. The third-order valence-electron chi connectivity index (χ3n) is 10.2. The molecule has 0 spiro atoms. The lowest BCUT2D eigenvalue weighted by molar-refractivity contribution is -0.138. The Hall–Kier alpha value is -6.75. The molecule has 7 rings (SSSR count). The average molecular weight is 807 g/mol. The van der Waals surface area contributed by atoms with Gasteiger partial charge in [0.1, 0.15) is 24.2 Å². The van der Waals surface area contributed by atoms with Gasteiger partial charge in [0.25, 0.3) is 11.8 Å². The van der Waals surface area contributed by atoms with Crippen LogP contribution in [-0.2, 0) is 28.7 Å². The van der Waals surface area contributed by atoms with E-state index in [0.29, 0.717) is 66.4 Å². The lowest BCUT2D eigenvalue weighted by Crippen LogP contribution is -2.48. The molecule has 2 fully saturated rings. The highest BCUT2D eigenvalue weighted by atomic mass is 32.1. The van der Waals surface area contributed by atoms with Gasteiger partial charge in [-0.3, -0.25) is 23.6 Å². The van der Waals surface area contributed by atoms with Crippen LogP contribution in [0.2, 0.25) is 0 Å². The molecule has 300 valence electrons. The molecule has 5 aromatic rings. The molecule has 17 heteroatoms. The van der Waals surface area contributed by atoms with E-state index in [2.05, 4.69) is 26.3 Å². The van der Waals surface area contributed by atoms with Crippen molar-refractivity contribution in [3.63, 3.8) is 0 Å². The molecule has 58 heavy (non-hydrogen) atoms. The van der Waals surface area contributed by atoms with Crippen LogP contribution in [-0.4, -0.2) is 94.4 Å². The number of imidazole rings is 1. The summed E-state index contributed by atoms with van der Waals surface area (Å²) in [6.45, 7) is 0.731. The van der Waals surface area contributed by atoms with Crippen molar-refractivity contribution in [3.05, 3.63) is 108 Å². The highest BCUT2D eigenvalue weighted by Crippen LogP contribution is 2.32. The molecule has 4 heterocycles. The lowest BCUT2D eigenvalue weighted by atomic mass is 10.0. The number of aromatic nitrogens is 2. The maximum Gasteiger partial charge on any atom is 0.407 e. The number of rotatable bonds is 11. The molecule has 2 saturated heterocycles. The maximum absolute atomic E-state index is 13.7. The number of nitrogens with zero attached hydrogens (tertiary/aromatic N) is 4. The van der Waals surface area contributed by atoms with Crippen molar-refractivity contribution < 1.29 is 38.2 Å². The standard InChI is InChI=1S/C41H42N8O8S/c1-56-40(54)45-33(26-11-5-3-6-12-26)37(52)48-21-9-15-29(48)35(50)42-28-19-17-25(18-20-28)31-23-47-24-32(44-39(47)58-31)43-36(51)30-16-10-22-49(30)38(53)34(46-41(55)57-2)27-13-7-4-8-14-27/h3-8,11-14,17-20,23-24,29-30,33-34H,9-10,15-16,21-22H2,1-2H3,(H,42,50)(H,43,51)(H,45,54)(H,46,55). The van der Waals surface area contributed by atoms with E-state index in [9.17, 15) is 28.8 Å². The van der Waals surface area contributed by atoms with Crippen LogP contribution in [0.15, 0.2) is 97.3 Å². The molecule has 4 atom stereocenters. The molecule has 2 aliphatic rings. The predicted octanol–water partition coefficient (Wildman–Crippen LogP) is 5.12. The van der Waals surface area contributed by atoms with Crippen LogP contribution in [0.5, 0.6) is 0 Å². The van der Waals surface area contributed by atoms with Crippen molar-refractivity contribution in [1.82, 2.24) is 29.8 Å². The van der Waals surface area contributed by atoms with Gasteiger partial charge in [-0.25, -0.2) is 14.6 Å². The Labute approximate surface area is 337 Å². The van der Waals surface area contributed by atoms with Crippen LogP contribution in [0.1, 0.15) is 48.9 Å². The van der Waals surface area contributed by atoms with Crippen molar-refractivity contribution in [2.75, 3.05) is 37.9 Å². The van der Waals surface area contributed by atoms with Gasteiger partial charge in [0.15, 0.2) is 10.8 Å². The fourth-order valence-corrected chi connectivity index (χ4v) is 8.27. The van der Waals surface area contributed by atoms with Crippen LogP contribution in [0.25, 0.3) is 15.4 Å². The van der Waals surface area contributed by atoms with Crippen molar-refractivity contribution >= 4 is 63.6 Å². The third-order valence-corrected chi connectivity index (χ3v) is 11.2. The Kier molecular flexibility index (Phi) is 12.0. The van der Waals surface area contributed by atoms with E-state index in [-0.39, 0.29) is 11.8 Å². The first-order chi connectivity index (χ1) is 28.1. The molecule has 3 aromatic carbocycles. The summed E-state index contributed by atoms with van der Waals surface area (Å²) in [5.74, 6) is -1.17. The van der Waals surface area contributed by atoms with Gasteiger partial charge in [-0.1, -0.05) is 84.1 Å². The summed E-state index contributed by atoms with van der Waals surface area (Å²) in [4.78, 5) is 87.8. The monoisotopic (exact) mass is 806 g/mol. The number of methoxy groups -OCH3 is 2. The lowest BCUT2D eigenvalue weighted by Gasteiger charge is -2.28. The Bertz CT molecular complexity index is 2270. The number of fused-ring (bicyclic) bond motifs is 1. The minimum atomic E-state index is -1.02. The molecule has 0 radical (unpaired) electrons. The van der Waals surface area contributed by atoms with Gasteiger partial charge in [-0.2, -0.15) is 0 Å². The second-order valence-electron chi connectivity index (χ2n) is 13.8. The van der Waals surface area contributed by atoms with E-state index in [1.54, 1.807) is 77.3 Å². The molecule has 0 bridgehead atoms. The van der Waals surface area contributed by atoms with Crippen LogP contribution < -0.4 is 21.3 Å². The molecule has 2 aliphatic heterocycles. The molecular weight excluding hydrogens is 765 g/mol. The van der Waals surface area contributed by atoms with Crippen LogP contribution in [0.3, 0.4) is 0 Å². The fraction of sp³-hybridized carbons (Fsp3) is 0.293. The van der Waals surface area contributed by atoms with Crippen LogP contribution in [0.4, 0.5) is 21.1 Å². The highest BCUT2D eigenvalue weighted by Gasteiger charge is 2.40. The molecule has 6 amide bonds. The third kappa shape index (κ3) is 8.63. The highest BCUT2D eigenvalue weighted by molar-refractivity contribution is 7.20. The number of anilines is 2. The summed E-state index contributed by atoms with van der Waals surface area (Å²) in [5, 5.41) is 11.0. The number of thiazole rings is 1. The smallest absolute Gasteiger partial charge is 0.407 e. The number of hydrogen-bond acceptors (Lipinski definition) is 10. The zero-order valence-corrected chi connectivity index (χ0v) is 32.6. The summed E-state index contributed by atoms with van der Waals surface area (Å²) in [6.07, 6.45) is 4.28. The molecule has 2 aromatic heterocycles. The molecule has 0 saturated carbocycles. The SMILES string of the molecule is COC(=O)NC(C(=O)N1CCCC1C(=O)Nc1ccc(-c2cn3cc(NC(=O)C4CCCN4C(=O)C(NC(=O)OC)c4ccccc4)nc3s2)cc1)c1ccccc1. The Morgan fingerprint density at radius 2 is 1.17 bits per heavy atom. The largest absolute Gasteiger partial charge is 0.453 e. The van der Waals surface area contributed by atoms with Crippen LogP contribution >= 0.6 is 11.3 Å². The number of ether oxygens (including phenoxy) is 2. The number of hydrogen-bond donors (Lipinski definition) is 4. The van der Waals surface area contributed by atoms with E-state index >= 15 is 0 Å². The summed E-state index contributed by atoms with van der Waals surface area (Å²) in [7, 11) is 2.45. The number of amides is 6. The number of carbonyl (C=O) groups is 6. The number of nitrogens with one attached hydrogen (secondary N) is 4. The van der Waals surface area contributed by atoms with E-state index in [1.165, 1.54) is 35.4 Å². The number of carbonyl (C=O) groups excluding carboxylic acids is 6. The minimum Gasteiger partial charge on any atom is -0.453 e. The van der Waals surface area contributed by atoms with E-state index < -0.39 is 48.2 Å².